The van der Waals surface area contributed by atoms with Crippen LogP contribution in [0.5, 0.6) is 0 Å². The van der Waals surface area contributed by atoms with Crippen molar-refractivity contribution in [2.24, 2.45) is 11.8 Å². The number of esters is 1. The molecule has 0 amide bonds. The number of fused-ring (bicyclic) bond motifs is 4. The van der Waals surface area contributed by atoms with Gasteiger partial charge in [0.15, 0.2) is 5.79 Å². The highest BCUT2D eigenvalue weighted by Gasteiger charge is 2.53. The molecule has 3 aliphatic rings. The summed E-state index contributed by atoms with van der Waals surface area (Å²) < 4.78 is 17.4. The van der Waals surface area contributed by atoms with Crippen molar-refractivity contribution in [3.05, 3.63) is 48.6 Å². The molecule has 5 nitrogen and oxygen atoms in total. The number of epoxide rings is 1. The van der Waals surface area contributed by atoms with Crippen molar-refractivity contribution < 1.29 is 24.1 Å². The fraction of sp³-hybridized carbons (Fsp3) is 0.591. The van der Waals surface area contributed by atoms with Crippen LogP contribution in [0.4, 0.5) is 0 Å². The van der Waals surface area contributed by atoms with Crippen LogP contribution >= 0.6 is 0 Å². The number of allylic oxidation sites excluding steroid dienone is 1. The van der Waals surface area contributed by atoms with E-state index in [4.69, 9.17) is 14.2 Å². The Bertz CT molecular complexity index is 693. The first kappa shape index (κ1) is 20.1. The number of ether oxygens (including phenoxy) is 3. The van der Waals surface area contributed by atoms with E-state index < -0.39 is 17.9 Å². The van der Waals surface area contributed by atoms with Crippen molar-refractivity contribution in [3.63, 3.8) is 0 Å². The maximum absolute atomic E-state index is 12.6. The second-order valence-electron chi connectivity index (χ2n) is 8.21. The summed E-state index contributed by atoms with van der Waals surface area (Å²) in [5.41, 5.74) is 2.66. The predicted molar refractivity (Wildman–Crippen MR) is 103 cm³/mol. The normalized spacial score (nSPS) is 41.9. The minimum atomic E-state index is -1.64. The lowest BCUT2D eigenvalue weighted by Gasteiger charge is -2.42. The fourth-order valence-corrected chi connectivity index (χ4v) is 3.73. The van der Waals surface area contributed by atoms with Crippen molar-refractivity contribution in [2.75, 3.05) is 0 Å². The molecule has 0 aromatic carbocycles. The van der Waals surface area contributed by atoms with Gasteiger partial charge in [-0.3, -0.25) is 4.79 Å². The van der Waals surface area contributed by atoms with Gasteiger partial charge in [0, 0.05) is 18.3 Å². The average Bonchev–Trinajstić information content (AvgIpc) is 3.33. The first-order valence-electron chi connectivity index (χ1n) is 9.55. The molecule has 0 aromatic heterocycles. The molecule has 3 aliphatic heterocycles. The quantitative estimate of drug-likeness (QED) is 0.455. The van der Waals surface area contributed by atoms with E-state index in [1.165, 1.54) is 0 Å². The third-order valence-corrected chi connectivity index (χ3v) is 6.02. The SMILES string of the molecule is C=C1/C=C/[C@H]([C@@H](C)C(=C)C)OC(=O)C[C@@]2(O)O[C@H](CC(=C)[C@@H]2C)[C@H]2O[C@@H]2C1. The maximum Gasteiger partial charge on any atom is 0.311 e. The minimum Gasteiger partial charge on any atom is -0.457 e. The van der Waals surface area contributed by atoms with E-state index >= 15 is 0 Å². The second kappa shape index (κ2) is 7.38. The Hall–Kier alpha value is -1.69. The predicted octanol–water partition coefficient (Wildman–Crippen LogP) is 3.45. The summed E-state index contributed by atoms with van der Waals surface area (Å²) in [5, 5.41) is 11.1. The molecule has 0 saturated carbocycles. The summed E-state index contributed by atoms with van der Waals surface area (Å²) in [6, 6.07) is 0. The molecule has 5 heteroatoms. The summed E-state index contributed by atoms with van der Waals surface area (Å²) in [6.45, 7) is 17.8. The molecule has 2 saturated heterocycles. The number of cyclic esters (lactones) is 1. The van der Waals surface area contributed by atoms with Crippen LogP contribution in [0.1, 0.15) is 40.0 Å². The van der Waals surface area contributed by atoms with Gasteiger partial charge in [-0.2, -0.15) is 0 Å². The molecule has 2 fully saturated rings. The highest BCUT2D eigenvalue weighted by molar-refractivity contribution is 5.71. The smallest absolute Gasteiger partial charge is 0.311 e. The second-order valence-corrected chi connectivity index (χ2v) is 8.21. The first-order chi connectivity index (χ1) is 12.6. The summed E-state index contributed by atoms with van der Waals surface area (Å²) in [4.78, 5) is 12.6. The monoisotopic (exact) mass is 374 g/mol. The number of hydrogen-bond acceptors (Lipinski definition) is 5. The van der Waals surface area contributed by atoms with Crippen LogP contribution in [-0.2, 0) is 19.0 Å². The summed E-state index contributed by atoms with van der Waals surface area (Å²) in [5.74, 6) is -2.58. The van der Waals surface area contributed by atoms with Crippen molar-refractivity contribution in [1.82, 2.24) is 0 Å². The van der Waals surface area contributed by atoms with Crippen LogP contribution in [-0.4, -0.2) is 41.3 Å². The zero-order chi connectivity index (χ0) is 19.9. The lowest BCUT2D eigenvalue weighted by molar-refractivity contribution is -0.271. The van der Waals surface area contributed by atoms with E-state index in [-0.39, 0.29) is 36.6 Å². The molecule has 3 heterocycles. The van der Waals surface area contributed by atoms with Crippen molar-refractivity contribution >= 4 is 5.97 Å². The maximum atomic E-state index is 12.6. The van der Waals surface area contributed by atoms with Gasteiger partial charge >= 0.3 is 5.97 Å². The number of hydrogen-bond donors (Lipinski definition) is 1. The van der Waals surface area contributed by atoms with E-state index in [1.807, 2.05) is 32.9 Å². The molecular formula is C22H30O5. The fourth-order valence-electron chi connectivity index (χ4n) is 3.73. The molecule has 3 rings (SSSR count). The summed E-state index contributed by atoms with van der Waals surface area (Å²) in [6.07, 6.45) is 3.84. The molecular weight excluding hydrogens is 344 g/mol. The van der Waals surface area contributed by atoms with Gasteiger partial charge in [-0.25, -0.2) is 0 Å². The standard InChI is InChI=1S/C22H30O5/c1-12(2)15(5)17-8-7-13(3)9-18-21(26-18)19-10-14(4)16(6)22(24,27-19)11-20(23)25-17/h7-8,15-19,21,24H,1,3-4,9-11H2,2,5-6H3/b8-7+/t15-,16-,17+,18+,19+,21-,22+/m0/s1. The van der Waals surface area contributed by atoms with Crippen LogP contribution in [0.25, 0.3) is 0 Å². The van der Waals surface area contributed by atoms with Crippen LogP contribution < -0.4 is 0 Å². The average molecular weight is 374 g/mol. The minimum absolute atomic E-state index is 0.00647. The van der Waals surface area contributed by atoms with Crippen molar-refractivity contribution in [1.29, 1.82) is 0 Å². The van der Waals surface area contributed by atoms with Gasteiger partial charge in [0.1, 0.15) is 18.6 Å². The van der Waals surface area contributed by atoms with Gasteiger partial charge in [0.25, 0.3) is 0 Å². The van der Waals surface area contributed by atoms with Crippen LogP contribution in [0.3, 0.4) is 0 Å². The molecule has 0 aliphatic carbocycles. The van der Waals surface area contributed by atoms with Gasteiger partial charge in [-0.05, 0) is 19.4 Å². The molecule has 148 valence electrons. The number of rotatable bonds is 2. The van der Waals surface area contributed by atoms with Gasteiger partial charge in [0.2, 0.25) is 0 Å². The van der Waals surface area contributed by atoms with E-state index in [0.717, 1.165) is 16.7 Å². The molecule has 0 aromatic rings. The van der Waals surface area contributed by atoms with Crippen LogP contribution in [0, 0.1) is 11.8 Å². The van der Waals surface area contributed by atoms with E-state index in [0.29, 0.717) is 12.8 Å². The number of carbonyl (C=O) groups is 1. The first-order valence-corrected chi connectivity index (χ1v) is 9.55. The number of carbonyl (C=O) groups excluding carboxylic acids is 1. The Morgan fingerprint density at radius 2 is 2.04 bits per heavy atom. The van der Waals surface area contributed by atoms with E-state index in [2.05, 4.69) is 19.7 Å². The summed E-state index contributed by atoms with van der Waals surface area (Å²) in [7, 11) is 0. The van der Waals surface area contributed by atoms with E-state index in [9.17, 15) is 9.90 Å². The van der Waals surface area contributed by atoms with E-state index in [1.54, 1.807) is 0 Å². The van der Waals surface area contributed by atoms with Gasteiger partial charge in [-0.1, -0.05) is 56.4 Å². The Balaban J connectivity index is 1.89. The third kappa shape index (κ3) is 4.26. The molecule has 0 radical (unpaired) electrons. The van der Waals surface area contributed by atoms with Crippen molar-refractivity contribution in [3.8, 4) is 0 Å². The van der Waals surface area contributed by atoms with Crippen LogP contribution in [0.15, 0.2) is 48.6 Å². The lowest BCUT2D eigenvalue weighted by Crippen LogP contribution is -2.51. The molecule has 7 atom stereocenters. The Morgan fingerprint density at radius 1 is 1.33 bits per heavy atom. The molecule has 0 spiro atoms. The van der Waals surface area contributed by atoms with Gasteiger partial charge < -0.3 is 19.3 Å². The lowest BCUT2D eigenvalue weighted by atomic mass is 9.83. The zero-order valence-corrected chi connectivity index (χ0v) is 16.4. The van der Waals surface area contributed by atoms with Gasteiger partial charge in [-0.15, -0.1) is 0 Å². The topological polar surface area (TPSA) is 68.3 Å². The molecule has 2 bridgehead atoms. The Labute approximate surface area is 161 Å². The highest BCUT2D eigenvalue weighted by atomic mass is 16.7. The molecule has 0 unspecified atom stereocenters. The summed E-state index contributed by atoms with van der Waals surface area (Å²) >= 11 is 0. The van der Waals surface area contributed by atoms with Crippen LogP contribution in [0.2, 0.25) is 0 Å². The Morgan fingerprint density at radius 3 is 2.70 bits per heavy atom. The third-order valence-electron chi connectivity index (χ3n) is 6.02. The zero-order valence-electron chi connectivity index (χ0n) is 16.4. The Kier molecular flexibility index (Phi) is 5.48. The number of aliphatic hydroxyl groups is 1. The molecule has 27 heavy (non-hydrogen) atoms. The highest BCUT2D eigenvalue weighted by Crippen LogP contribution is 2.44. The van der Waals surface area contributed by atoms with Gasteiger partial charge in [0.05, 0.1) is 12.2 Å². The molecule has 1 N–H and O–H groups in total. The largest absolute Gasteiger partial charge is 0.457 e. The van der Waals surface area contributed by atoms with Crippen molar-refractivity contribution in [2.45, 2.75) is 70.2 Å².